The highest BCUT2D eigenvalue weighted by Crippen LogP contribution is 2.17. The Kier molecular flexibility index (Phi) is 4.29. The van der Waals surface area contributed by atoms with Gasteiger partial charge in [-0.05, 0) is 17.9 Å². The van der Waals surface area contributed by atoms with Gasteiger partial charge in [0.25, 0.3) is 0 Å². The number of hydrogen-bond donors (Lipinski definition) is 2. The molecule has 0 saturated carbocycles. The van der Waals surface area contributed by atoms with Crippen LogP contribution < -0.4 is 11.1 Å². The number of rotatable bonds is 3. The lowest BCUT2D eigenvalue weighted by Gasteiger charge is -2.25. The van der Waals surface area contributed by atoms with E-state index in [-0.39, 0.29) is 11.3 Å². The predicted octanol–water partition coefficient (Wildman–Crippen LogP) is 1.98. The van der Waals surface area contributed by atoms with Crippen LogP contribution in [0, 0.1) is 12.3 Å². The summed E-state index contributed by atoms with van der Waals surface area (Å²) in [4.78, 5) is 11.8. The third-order valence-corrected chi connectivity index (χ3v) is 2.76. The average molecular weight is 234 g/mol. The van der Waals surface area contributed by atoms with E-state index in [4.69, 9.17) is 5.73 Å². The molecule has 0 aliphatic carbocycles. The standard InChI is InChI=1S/C14H22N2O/c1-10-6-5-7-11(8-10)9-16-13(17)12(15)14(2,3)4/h5-8,12H,9,15H2,1-4H3,(H,16,17). The average Bonchev–Trinajstić information content (AvgIpc) is 2.23. The van der Waals surface area contributed by atoms with Gasteiger partial charge in [-0.3, -0.25) is 4.79 Å². The van der Waals surface area contributed by atoms with Crippen molar-refractivity contribution in [2.45, 2.75) is 40.3 Å². The molecule has 0 aliphatic heterocycles. The van der Waals surface area contributed by atoms with Crippen LogP contribution in [0.2, 0.25) is 0 Å². The third-order valence-electron chi connectivity index (χ3n) is 2.76. The first kappa shape index (κ1) is 13.7. The van der Waals surface area contributed by atoms with E-state index in [1.54, 1.807) is 0 Å². The molecule has 0 aromatic heterocycles. The summed E-state index contributed by atoms with van der Waals surface area (Å²) in [6.07, 6.45) is 0. The Morgan fingerprint density at radius 2 is 2.06 bits per heavy atom. The zero-order valence-corrected chi connectivity index (χ0v) is 11.1. The minimum absolute atomic E-state index is 0.0981. The molecule has 0 fully saturated rings. The van der Waals surface area contributed by atoms with Crippen molar-refractivity contribution in [3.8, 4) is 0 Å². The van der Waals surface area contributed by atoms with E-state index in [2.05, 4.69) is 11.4 Å². The molecule has 0 heterocycles. The number of nitrogens with one attached hydrogen (secondary N) is 1. The Morgan fingerprint density at radius 3 is 2.59 bits per heavy atom. The molecule has 0 spiro atoms. The Labute approximate surface area is 103 Å². The molecule has 0 saturated heterocycles. The van der Waals surface area contributed by atoms with Crippen molar-refractivity contribution in [2.24, 2.45) is 11.1 Å². The molecule has 1 amide bonds. The minimum atomic E-state index is -0.479. The van der Waals surface area contributed by atoms with Gasteiger partial charge in [0.05, 0.1) is 6.04 Å². The van der Waals surface area contributed by atoms with Crippen molar-refractivity contribution >= 4 is 5.91 Å². The molecule has 17 heavy (non-hydrogen) atoms. The van der Waals surface area contributed by atoms with Crippen molar-refractivity contribution in [3.63, 3.8) is 0 Å². The number of benzene rings is 1. The summed E-state index contributed by atoms with van der Waals surface area (Å²) < 4.78 is 0. The van der Waals surface area contributed by atoms with Gasteiger partial charge in [-0.1, -0.05) is 50.6 Å². The van der Waals surface area contributed by atoms with Gasteiger partial charge >= 0.3 is 0 Å². The van der Waals surface area contributed by atoms with E-state index in [9.17, 15) is 4.79 Å². The monoisotopic (exact) mass is 234 g/mol. The minimum Gasteiger partial charge on any atom is -0.351 e. The maximum Gasteiger partial charge on any atom is 0.237 e. The summed E-state index contributed by atoms with van der Waals surface area (Å²) in [6.45, 7) is 8.45. The largest absolute Gasteiger partial charge is 0.351 e. The molecule has 3 heteroatoms. The number of amides is 1. The van der Waals surface area contributed by atoms with Crippen LogP contribution in [-0.4, -0.2) is 11.9 Å². The summed E-state index contributed by atoms with van der Waals surface area (Å²) in [7, 11) is 0. The Morgan fingerprint density at radius 1 is 1.41 bits per heavy atom. The van der Waals surface area contributed by atoms with E-state index in [0.717, 1.165) is 5.56 Å². The number of carbonyl (C=O) groups is 1. The Hall–Kier alpha value is -1.35. The lowest BCUT2D eigenvalue weighted by Crippen LogP contribution is -2.48. The second-order valence-electron chi connectivity index (χ2n) is 5.55. The van der Waals surface area contributed by atoms with E-state index < -0.39 is 6.04 Å². The fourth-order valence-electron chi connectivity index (χ4n) is 1.51. The van der Waals surface area contributed by atoms with E-state index >= 15 is 0 Å². The highest BCUT2D eigenvalue weighted by Gasteiger charge is 2.26. The second kappa shape index (κ2) is 5.32. The van der Waals surface area contributed by atoms with Crippen molar-refractivity contribution in [1.82, 2.24) is 5.32 Å². The van der Waals surface area contributed by atoms with Crippen LogP contribution in [0.15, 0.2) is 24.3 Å². The summed E-state index contributed by atoms with van der Waals surface area (Å²) in [6, 6.07) is 7.60. The van der Waals surface area contributed by atoms with Crippen LogP contribution in [0.3, 0.4) is 0 Å². The fraction of sp³-hybridized carbons (Fsp3) is 0.500. The van der Waals surface area contributed by atoms with Crippen LogP contribution in [0.25, 0.3) is 0 Å². The zero-order valence-electron chi connectivity index (χ0n) is 11.1. The normalized spacial score (nSPS) is 13.2. The van der Waals surface area contributed by atoms with Gasteiger partial charge in [-0.25, -0.2) is 0 Å². The van der Waals surface area contributed by atoms with Crippen LogP contribution >= 0.6 is 0 Å². The van der Waals surface area contributed by atoms with Gasteiger partial charge < -0.3 is 11.1 Å². The highest BCUT2D eigenvalue weighted by atomic mass is 16.2. The number of aryl methyl sites for hydroxylation is 1. The molecule has 94 valence electrons. The number of carbonyl (C=O) groups excluding carboxylic acids is 1. The van der Waals surface area contributed by atoms with E-state index in [1.165, 1.54) is 5.56 Å². The summed E-state index contributed by atoms with van der Waals surface area (Å²) in [5, 5.41) is 2.87. The van der Waals surface area contributed by atoms with Crippen LogP contribution in [0.5, 0.6) is 0 Å². The van der Waals surface area contributed by atoms with Gasteiger partial charge in [0.15, 0.2) is 0 Å². The van der Waals surface area contributed by atoms with E-state index in [1.807, 2.05) is 45.9 Å². The molecule has 0 bridgehead atoms. The summed E-state index contributed by atoms with van der Waals surface area (Å²) in [5.41, 5.74) is 7.95. The molecule has 3 nitrogen and oxygen atoms in total. The van der Waals surface area contributed by atoms with Crippen molar-refractivity contribution in [2.75, 3.05) is 0 Å². The quantitative estimate of drug-likeness (QED) is 0.840. The number of hydrogen-bond acceptors (Lipinski definition) is 2. The SMILES string of the molecule is Cc1cccc(CNC(=O)C(N)C(C)(C)C)c1. The molecule has 0 radical (unpaired) electrons. The maximum absolute atomic E-state index is 11.8. The molecule has 1 aromatic carbocycles. The summed E-state index contributed by atoms with van der Waals surface area (Å²) in [5.74, 6) is -0.0981. The lowest BCUT2D eigenvalue weighted by molar-refractivity contribution is -0.124. The lowest BCUT2D eigenvalue weighted by atomic mass is 9.87. The maximum atomic E-state index is 11.8. The van der Waals surface area contributed by atoms with Gasteiger partial charge in [0.2, 0.25) is 5.91 Å². The molecule has 1 unspecified atom stereocenters. The molecular formula is C14H22N2O. The van der Waals surface area contributed by atoms with Gasteiger partial charge in [-0.15, -0.1) is 0 Å². The third kappa shape index (κ3) is 4.19. The molecule has 1 rings (SSSR count). The predicted molar refractivity (Wildman–Crippen MR) is 70.5 cm³/mol. The van der Waals surface area contributed by atoms with Crippen molar-refractivity contribution in [1.29, 1.82) is 0 Å². The highest BCUT2D eigenvalue weighted by molar-refractivity contribution is 5.82. The van der Waals surface area contributed by atoms with E-state index in [0.29, 0.717) is 6.54 Å². The van der Waals surface area contributed by atoms with Crippen molar-refractivity contribution in [3.05, 3.63) is 35.4 Å². The first-order valence-corrected chi connectivity index (χ1v) is 5.89. The van der Waals surface area contributed by atoms with Gasteiger partial charge in [0.1, 0.15) is 0 Å². The fourth-order valence-corrected chi connectivity index (χ4v) is 1.51. The Balaban J connectivity index is 2.54. The van der Waals surface area contributed by atoms with Crippen LogP contribution in [0.1, 0.15) is 31.9 Å². The summed E-state index contributed by atoms with van der Waals surface area (Å²) >= 11 is 0. The molecule has 3 N–H and O–H groups in total. The first-order chi connectivity index (χ1) is 7.80. The van der Waals surface area contributed by atoms with Crippen LogP contribution in [-0.2, 0) is 11.3 Å². The molecular weight excluding hydrogens is 212 g/mol. The first-order valence-electron chi connectivity index (χ1n) is 5.89. The number of nitrogens with two attached hydrogens (primary N) is 1. The van der Waals surface area contributed by atoms with Gasteiger partial charge in [-0.2, -0.15) is 0 Å². The molecule has 1 atom stereocenters. The smallest absolute Gasteiger partial charge is 0.237 e. The molecule has 1 aromatic rings. The topological polar surface area (TPSA) is 55.1 Å². The second-order valence-corrected chi connectivity index (χ2v) is 5.55. The van der Waals surface area contributed by atoms with Crippen molar-refractivity contribution < 1.29 is 4.79 Å². The Bertz CT molecular complexity index is 393. The van der Waals surface area contributed by atoms with Gasteiger partial charge in [0, 0.05) is 6.54 Å². The van der Waals surface area contributed by atoms with Crippen LogP contribution in [0.4, 0.5) is 0 Å². The molecule has 0 aliphatic rings. The zero-order chi connectivity index (χ0) is 13.1.